The molecule has 0 bridgehead atoms. The predicted molar refractivity (Wildman–Crippen MR) is 126 cm³/mol. The van der Waals surface area contributed by atoms with Crippen LogP contribution in [-0.4, -0.2) is 53.8 Å². The molecule has 8 heteroatoms. The normalized spacial score (nSPS) is 18.0. The maximum atomic E-state index is 13.1. The van der Waals surface area contributed by atoms with Crippen LogP contribution in [0.3, 0.4) is 0 Å². The summed E-state index contributed by atoms with van der Waals surface area (Å²) in [5, 5.41) is 0.568. The first-order valence-electron chi connectivity index (χ1n) is 11.1. The maximum absolute atomic E-state index is 13.1. The Hall–Kier alpha value is -2.55. The Labute approximate surface area is 189 Å². The van der Waals surface area contributed by atoms with E-state index in [4.69, 9.17) is 0 Å². The monoisotopic (exact) mass is 454 g/mol. The van der Waals surface area contributed by atoms with E-state index in [1.807, 2.05) is 37.3 Å². The number of aromatic amines is 1. The molecule has 2 unspecified atom stereocenters. The van der Waals surface area contributed by atoms with Crippen LogP contribution in [0.1, 0.15) is 50.5 Å². The van der Waals surface area contributed by atoms with E-state index in [9.17, 15) is 13.2 Å². The van der Waals surface area contributed by atoms with Crippen LogP contribution in [-0.2, 0) is 10.0 Å². The van der Waals surface area contributed by atoms with Crippen LogP contribution < -0.4 is 5.56 Å². The number of nitrogens with one attached hydrogen (secondary N) is 1. The van der Waals surface area contributed by atoms with Gasteiger partial charge >= 0.3 is 0 Å². The van der Waals surface area contributed by atoms with E-state index >= 15 is 0 Å². The lowest BCUT2D eigenvalue weighted by molar-refractivity contribution is 0.141. The highest BCUT2D eigenvalue weighted by Gasteiger charge is 2.31. The number of aromatic nitrogens is 2. The summed E-state index contributed by atoms with van der Waals surface area (Å²) in [7, 11) is -3.53. The van der Waals surface area contributed by atoms with E-state index in [-0.39, 0.29) is 11.6 Å². The van der Waals surface area contributed by atoms with Crippen molar-refractivity contribution in [3.8, 4) is 0 Å². The zero-order chi connectivity index (χ0) is 22.9. The largest absolute Gasteiger partial charge is 0.309 e. The average molecular weight is 455 g/mol. The fourth-order valence-corrected chi connectivity index (χ4v) is 5.58. The fraction of sp³-hybridized carbons (Fsp3) is 0.417. The molecule has 170 valence electrons. The molecule has 4 rings (SSSR count). The van der Waals surface area contributed by atoms with Crippen molar-refractivity contribution >= 4 is 20.9 Å². The summed E-state index contributed by atoms with van der Waals surface area (Å²) in [6, 6.07) is 14.4. The van der Waals surface area contributed by atoms with Gasteiger partial charge in [-0.1, -0.05) is 38.1 Å². The van der Waals surface area contributed by atoms with Crippen molar-refractivity contribution in [2.45, 2.75) is 44.0 Å². The predicted octanol–water partition coefficient (Wildman–Crippen LogP) is 3.50. The van der Waals surface area contributed by atoms with Crippen molar-refractivity contribution in [1.82, 2.24) is 19.2 Å². The number of para-hydroxylation sites is 1. The zero-order valence-electron chi connectivity index (χ0n) is 18.8. The first kappa shape index (κ1) is 22.6. The van der Waals surface area contributed by atoms with Crippen molar-refractivity contribution < 1.29 is 8.42 Å². The number of rotatable bonds is 6. The topological polar surface area (TPSA) is 86.4 Å². The molecule has 2 heterocycles. The molecule has 0 spiro atoms. The quantitative estimate of drug-likeness (QED) is 0.616. The highest BCUT2D eigenvalue weighted by Crippen LogP contribution is 2.25. The highest BCUT2D eigenvalue weighted by molar-refractivity contribution is 7.89. The van der Waals surface area contributed by atoms with Gasteiger partial charge < -0.3 is 4.98 Å². The Morgan fingerprint density at radius 1 is 1.00 bits per heavy atom. The van der Waals surface area contributed by atoms with E-state index in [1.165, 1.54) is 0 Å². The molecule has 2 atom stereocenters. The summed E-state index contributed by atoms with van der Waals surface area (Å²) in [6.45, 7) is 8.20. The Kier molecular flexibility index (Phi) is 6.46. The van der Waals surface area contributed by atoms with E-state index in [1.54, 1.807) is 22.5 Å². The Balaban J connectivity index is 1.46. The minimum Gasteiger partial charge on any atom is -0.309 e. The molecule has 1 aliphatic heterocycles. The summed E-state index contributed by atoms with van der Waals surface area (Å²) < 4.78 is 27.8. The summed E-state index contributed by atoms with van der Waals surface area (Å²) in [4.78, 5) is 22.4. The van der Waals surface area contributed by atoms with Gasteiger partial charge in [-0.2, -0.15) is 4.31 Å². The number of benzene rings is 2. The lowest BCUT2D eigenvalue weighted by atomic mass is 9.99. The van der Waals surface area contributed by atoms with E-state index in [0.717, 1.165) is 12.0 Å². The van der Waals surface area contributed by atoms with Crippen LogP contribution in [0, 0.1) is 0 Å². The molecule has 1 saturated heterocycles. The van der Waals surface area contributed by atoms with Gasteiger partial charge in [0.2, 0.25) is 10.0 Å². The Morgan fingerprint density at radius 3 is 2.31 bits per heavy atom. The summed E-state index contributed by atoms with van der Waals surface area (Å²) in [5.41, 5.74) is 1.67. The minimum absolute atomic E-state index is 0.119. The van der Waals surface area contributed by atoms with Crippen LogP contribution in [0.15, 0.2) is 58.2 Å². The van der Waals surface area contributed by atoms with Crippen molar-refractivity contribution in [2.75, 3.05) is 26.2 Å². The zero-order valence-corrected chi connectivity index (χ0v) is 19.6. The number of sulfonamides is 1. The van der Waals surface area contributed by atoms with Gasteiger partial charge in [-0.25, -0.2) is 13.4 Å². The summed E-state index contributed by atoms with van der Waals surface area (Å²) >= 11 is 0. The SMILES string of the molecule is CCC(C)c1ccc(S(=O)(=O)N2CCN(C(C)c3nc4ccccc4c(=O)[nH]3)CC2)cc1. The van der Waals surface area contributed by atoms with Gasteiger partial charge in [-0.3, -0.25) is 9.69 Å². The van der Waals surface area contributed by atoms with Gasteiger partial charge in [0.05, 0.1) is 21.8 Å². The molecule has 1 N–H and O–H groups in total. The number of nitrogens with zero attached hydrogens (tertiary/aromatic N) is 3. The number of fused-ring (bicyclic) bond motifs is 1. The van der Waals surface area contributed by atoms with Crippen molar-refractivity contribution in [3.63, 3.8) is 0 Å². The van der Waals surface area contributed by atoms with E-state index < -0.39 is 10.0 Å². The maximum Gasteiger partial charge on any atom is 0.258 e. The van der Waals surface area contributed by atoms with Gasteiger partial charge in [0.1, 0.15) is 5.82 Å². The molecule has 2 aromatic carbocycles. The molecule has 1 aromatic heterocycles. The minimum atomic E-state index is -3.53. The molecular weight excluding hydrogens is 424 g/mol. The standard InChI is InChI=1S/C24H30N4O3S/c1-4-17(2)19-9-11-20(12-10-19)32(30,31)28-15-13-27(14-16-28)18(3)23-25-22-8-6-5-7-21(22)24(29)26-23/h5-12,17-18H,4,13-16H2,1-3H3,(H,25,26,29). The van der Waals surface area contributed by atoms with Gasteiger partial charge in [-0.15, -0.1) is 0 Å². The van der Waals surface area contributed by atoms with Crippen molar-refractivity contribution in [1.29, 1.82) is 0 Å². The molecule has 0 aliphatic carbocycles. The van der Waals surface area contributed by atoms with Crippen LogP contribution in [0.25, 0.3) is 10.9 Å². The van der Waals surface area contributed by atoms with Gasteiger partial charge in [0.25, 0.3) is 5.56 Å². The van der Waals surface area contributed by atoms with E-state index in [2.05, 4.69) is 28.7 Å². The molecule has 0 saturated carbocycles. The second-order valence-corrected chi connectivity index (χ2v) is 10.4. The number of hydrogen-bond donors (Lipinski definition) is 1. The number of piperazine rings is 1. The third kappa shape index (κ3) is 4.35. The number of H-pyrrole nitrogens is 1. The lowest BCUT2D eigenvalue weighted by Crippen LogP contribution is -2.49. The molecule has 1 aliphatic rings. The van der Waals surface area contributed by atoms with Crippen LogP contribution in [0.5, 0.6) is 0 Å². The van der Waals surface area contributed by atoms with Crippen molar-refractivity contribution in [3.05, 3.63) is 70.3 Å². The average Bonchev–Trinajstić information content (AvgIpc) is 2.83. The summed E-state index contributed by atoms with van der Waals surface area (Å²) in [5.74, 6) is 1.01. The second kappa shape index (κ2) is 9.13. The molecule has 1 fully saturated rings. The Bertz CT molecular complexity index is 1250. The Morgan fingerprint density at radius 2 is 1.66 bits per heavy atom. The van der Waals surface area contributed by atoms with E-state index in [0.29, 0.717) is 53.7 Å². The molecule has 0 amide bonds. The smallest absolute Gasteiger partial charge is 0.258 e. The molecule has 32 heavy (non-hydrogen) atoms. The third-order valence-corrected chi connectivity index (χ3v) is 8.46. The van der Waals surface area contributed by atoms with Gasteiger partial charge in [-0.05, 0) is 49.1 Å². The molecule has 3 aromatic rings. The number of hydrogen-bond acceptors (Lipinski definition) is 5. The third-order valence-electron chi connectivity index (χ3n) is 6.55. The van der Waals surface area contributed by atoms with Crippen LogP contribution in [0.2, 0.25) is 0 Å². The fourth-order valence-electron chi connectivity index (χ4n) is 4.16. The van der Waals surface area contributed by atoms with Crippen molar-refractivity contribution in [2.24, 2.45) is 0 Å². The first-order chi connectivity index (χ1) is 15.3. The molecule has 7 nitrogen and oxygen atoms in total. The van der Waals surface area contributed by atoms with Crippen LogP contribution >= 0.6 is 0 Å². The molecule has 0 radical (unpaired) electrons. The summed E-state index contributed by atoms with van der Waals surface area (Å²) in [6.07, 6.45) is 1.02. The second-order valence-electron chi connectivity index (χ2n) is 8.46. The van der Waals surface area contributed by atoms with Crippen LogP contribution in [0.4, 0.5) is 0 Å². The van der Waals surface area contributed by atoms with Gasteiger partial charge in [0, 0.05) is 26.2 Å². The molecular formula is C24H30N4O3S. The first-order valence-corrected chi connectivity index (χ1v) is 12.6. The lowest BCUT2D eigenvalue weighted by Gasteiger charge is -2.37. The van der Waals surface area contributed by atoms with Gasteiger partial charge in [0.15, 0.2) is 0 Å². The highest BCUT2D eigenvalue weighted by atomic mass is 32.2.